The van der Waals surface area contributed by atoms with Crippen molar-refractivity contribution in [2.75, 3.05) is 0 Å². The molecule has 0 fully saturated rings. The van der Waals surface area contributed by atoms with Gasteiger partial charge in [0.2, 0.25) is 0 Å². The van der Waals surface area contributed by atoms with E-state index in [1.54, 1.807) is 0 Å². The summed E-state index contributed by atoms with van der Waals surface area (Å²) in [5, 5.41) is 3.58. The minimum atomic E-state index is 1.07. The molecule has 0 spiro atoms. The van der Waals surface area contributed by atoms with Gasteiger partial charge in [-0.2, -0.15) is 0 Å². The zero-order valence-electron chi connectivity index (χ0n) is 7.57. The Labute approximate surface area is 82.0 Å². The molecule has 2 aromatic carbocycles. The standard InChI is InChI=1S/C13H8N/c1-2-6-12-10(4-1)7-8-11-5-3-9-14-13(11)12/h2-9H. The molecule has 0 bridgehead atoms. The molecule has 3 rings (SSSR count). The molecular formula is C13H8N. The lowest BCUT2D eigenvalue weighted by Gasteiger charge is -2.01. The Morgan fingerprint density at radius 1 is 1.00 bits per heavy atom. The topological polar surface area (TPSA) is 12.9 Å². The highest BCUT2D eigenvalue weighted by molar-refractivity contribution is 6.04. The highest BCUT2D eigenvalue weighted by atomic mass is 14.6. The van der Waals surface area contributed by atoms with E-state index in [0.717, 1.165) is 5.52 Å². The van der Waals surface area contributed by atoms with Gasteiger partial charge in [-0.25, -0.2) is 0 Å². The largest absolute Gasteiger partial charge is 0.256 e. The van der Waals surface area contributed by atoms with E-state index in [2.05, 4.69) is 35.3 Å². The van der Waals surface area contributed by atoms with Crippen LogP contribution in [0.3, 0.4) is 0 Å². The maximum absolute atomic E-state index is 4.40. The van der Waals surface area contributed by atoms with E-state index in [4.69, 9.17) is 0 Å². The van der Waals surface area contributed by atoms with Crippen molar-refractivity contribution in [3.05, 3.63) is 54.7 Å². The molecule has 1 aromatic heterocycles. The average molecular weight is 178 g/mol. The molecule has 0 unspecified atom stereocenters. The van der Waals surface area contributed by atoms with Gasteiger partial charge in [0.25, 0.3) is 0 Å². The van der Waals surface area contributed by atoms with Crippen molar-refractivity contribution in [3.8, 4) is 0 Å². The molecule has 0 saturated carbocycles. The number of rotatable bonds is 0. The number of aromatic nitrogens is 1. The average Bonchev–Trinajstić information content (AvgIpc) is 2.29. The Morgan fingerprint density at radius 2 is 1.93 bits per heavy atom. The summed E-state index contributed by atoms with van der Waals surface area (Å²) in [5.41, 5.74) is 1.07. The van der Waals surface area contributed by atoms with Crippen LogP contribution >= 0.6 is 0 Å². The molecule has 1 heterocycles. The third kappa shape index (κ3) is 0.990. The first-order valence-corrected chi connectivity index (χ1v) is 4.59. The van der Waals surface area contributed by atoms with Crippen LogP contribution in [0.5, 0.6) is 0 Å². The molecule has 1 heteroatoms. The molecule has 0 N–H and O–H groups in total. The molecule has 1 radical (unpaired) electrons. The molecule has 14 heavy (non-hydrogen) atoms. The summed E-state index contributed by atoms with van der Waals surface area (Å²) in [6.07, 6.45) is 1.83. The normalized spacial score (nSPS) is 10.9. The molecule has 0 atom stereocenters. The minimum absolute atomic E-state index is 1.07. The molecule has 0 saturated heterocycles. The fourth-order valence-corrected chi connectivity index (χ4v) is 1.75. The van der Waals surface area contributed by atoms with Crippen molar-refractivity contribution in [1.29, 1.82) is 0 Å². The predicted octanol–water partition coefficient (Wildman–Crippen LogP) is 3.19. The highest BCUT2D eigenvalue weighted by Crippen LogP contribution is 2.22. The van der Waals surface area contributed by atoms with Gasteiger partial charge in [0.05, 0.1) is 5.52 Å². The van der Waals surface area contributed by atoms with E-state index in [0.29, 0.717) is 0 Å². The van der Waals surface area contributed by atoms with E-state index < -0.39 is 0 Å². The van der Waals surface area contributed by atoms with Crippen LogP contribution in [-0.4, -0.2) is 4.98 Å². The SMILES string of the molecule is [c]1ccc2c(c1)ccc1cccnc12. The van der Waals surface area contributed by atoms with Crippen LogP contribution in [0.15, 0.2) is 48.7 Å². The monoisotopic (exact) mass is 178 g/mol. The summed E-state index contributed by atoms with van der Waals surface area (Å²) in [6.45, 7) is 0. The van der Waals surface area contributed by atoms with Crippen LogP contribution < -0.4 is 0 Å². The van der Waals surface area contributed by atoms with Crippen LogP contribution in [-0.2, 0) is 0 Å². The van der Waals surface area contributed by atoms with Crippen molar-refractivity contribution in [2.45, 2.75) is 0 Å². The second-order valence-electron chi connectivity index (χ2n) is 3.29. The maximum atomic E-state index is 4.40. The number of hydrogen-bond donors (Lipinski definition) is 0. The molecule has 0 amide bonds. The van der Waals surface area contributed by atoms with E-state index in [9.17, 15) is 0 Å². The molecule has 0 aliphatic rings. The van der Waals surface area contributed by atoms with Crippen LogP contribution in [0.1, 0.15) is 0 Å². The van der Waals surface area contributed by atoms with Gasteiger partial charge in [-0.3, -0.25) is 4.98 Å². The highest BCUT2D eigenvalue weighted by Gasteiger charge is 1.98. The van der Waals surface area contributed by atoms with E-state index >= 15 is 0 Å². The number of fused-ring (bicyclic) bond motifs is 3. The summed E-state index contributed by atoms with van der Waals surface area (Å²) in [6, 6.07) is 17.3. The number of nitrogens with zero attached hydrogens (tertiary/aromatic N) is 1. The summed E-state index contributed by atoms with van der Waals surface area (Å²) >= 11 is 0. The smallest absolute Gasteiger partial charge is 0.0780 e. The maximum Gasteiger partial charge on any atom is 0.0780 e. The zero-order valence-corrected chi connectivity index (χ0v) is 7.57. The van der Waals surface area contributed by atoms with Crippen LogP contribution in [0.2, 0.25) is 0 Å². The molecule has 0 aliphatic heterocycles. The first kappa shape index (κ1) is 7.51. The van der Waals surface area contributed by atoms with Gasteiger partial charge < -0.3 is 0 Å². The lowest BCUT2D eigenvalue weighted by atomic mass is 10.1. The Hall–Kier alpha value is -1.89. The van der Waals surface area contributed by atoms with Gasteiger partial charge in [0.15, 0.2) is 0 Å². The van der Waals surface area contributed by atoms with Crippen molar-refractivity contribution in [3.63, 3.8) is 0 Å². The van der Waals surface area contributed by atoms with Crippen molar-refractivity contribution < 1.29 is 0 Å². The lowest BCUT2D eigenvalue weighted by Crippen LogP contribution is -1.79. The molecule has 65 valence electrons. The fourth-order valence-electron chi connectivity index (χ4n) is 1.75. The van der Waals surface area contributed by atoms with Gasteiger partial charge in [0.1, 0.15) is 0 Å². The van der Waals surface area contributed by atoms with Gasteiger partial charge in [0, 0.05) is 17.0 Å². The van der Waals surface area contributed by atoms with E-state index in [-0.39, 0.29) is 0 Å². The molecular weight excluding hydrogens is 170 g/mol. The predicted molar refractivity (Wildman–Crippen MR) is 58.1 cm³/mol. The van der Waals surface area contributed by atoms with Crippen LogP contribution in [0.4, 0.5) is 0 Å². The van der Waals surface area contributed by atoms with Gasteiger partial charge in [-0.15, -0.1) is 0 Å². The summed E-state index contributed by atoms with van der Waals surface area (Å²) in [7, 11) is 0. The van der Waals surface area contributed by atoms with Crippen LogP contribution in [0.25, 0.3) is 21.7 Å². The summed E-state index contributed by atoms with van der Waals surface area (Å²) in [4.78, 5) is 4.40. The summed E-state index contributed by atoms with van der Waals surface area (Å²) < 4.78 is 0. The Balaban J connectivity index is 2.61. The van der Waals surface area contributed by atoms with Crippen molar-refractivity contribution >= 4 is 21.7 Å². The van der Waals surface area contributed by atoms with Gasteiger partial charge in [-0.05, 0) is 23.6 Å². The Morgan fingerprint density at radius 3 is 2.93 bits per heavy atom. The quantitative estimate of drug-likeness (QED) is 0.482. The zero-order chi connectivity index (χ0) is 9.38. The van der Waals surface area contributed by atoms with Crippen LogP contribution in [0, 0.1) is 6.07 Å². The first-order valence-electron chi connectivity index (χ1n) is 4.59. The molecule has 1 nitrogen and oxygen atoms in total. The Bertz CT molecular complexity index is 544. The number of hydrogen-bond acceptors (Lipinski definition) is 1. The second kappa shape index (κ2) is 2.81. The van der Waals surface area contributed by atoms with E-state index in [1.807, 2.05) is 24.4 Å². The first-order chi connectivity index (χ1) is 6.95. The second-order valence-corrected chi connectivity index (χ2v) is 3.29. The summed E-state index contributed by atoms with van der Waals surface area (Å²) in [5.74, 6) is 0. The lowest BCUT2D eigenvalue weighted by molar-refractivity contribution is 1.43. The van der Waals surface area contributed by atoms with Gasteiger partial charge >= 0.3 is 0 Å². The van der Waals surface area contributed by atoms with E-state index in [1.165, 1.54) is 16.2 Å². The number of pyridine rings is 1. The molecule has 0 aliphatic carbocycles. The number of benzene rings is 2. The third-order valence-electron chi connectivity index (χ3n) is 2.43. The Kier molecular flexibility index (Phi) is 1.51. The van der Waals surface area contributed by atoms with Crippen molar-refractivity contribution in [2.24, 2.45) is 0 Å². The minimum Gasteiger partial charge on any atom is -0.256 e. The third-order valence-corrected chi connectivity index (χ3v) is 2.43. The van der Waals surface area contributed by atoms with Crippen molar-refractivity contribution in [1.82, 2.24) is 4.98 Å². The molecule has 3 aromatic rings. The fraction of sp³-hybridized carbons (Fsp3) is 0. The van der Waals surface area contributed by atoms with Gasteiger partial charge in [-0.1, -0.05) is 30.3 Å².